The van der Waals surface area contributed by atoms with E-state index in [4.69, 9.17) is 0 Å². The standard InChI is InChI=1S/C47H37N/c1-47(33-13-4-14-34-47)48(39-17-7-3-8-18-39)40-31-27-36(28-32-40)24-23-35-25-29-38(30-26-35)46-43-21-11-9-19-41(43)45(37-15-5-2-6-16-37)42-20-10-12-22-44(42)46/h2-33H,34H2,1H3/b24-23+. The molecule has 0 radical (unpaired) electrons. The summed E-state index contributed by atoms with van der Waals surface area (Å²) in [5.74, 6) is 0. The van der Waals surface area contributed by atoms with Crippen LogP contribution in [-0.2, 0) is 0 Å². The van der Waals surface area contributed by atoms with E-state index in [-0.39, 0.29) is 5.54 Å². The van der Waals surface area contributed by atoms with Gasteiger partial charge in [0.2, 0.25) is 0 Å². The minimum absolute atomic E-state index is 0.131. The first-order chi connectivity index (χ1) is 23.7. The topological polar surface area (TPSA) is 3.24 Å². The molecule has 0 amide bonds. The van der Waals surface area contributed by atoms with Gasteiger partial charge in [0.05, 0.1) is 5.54 Å². The van der Waals surface area contributed by atoms with Crippen LogP contribution in [0.3, 0.4) is 0 Å². The summed E-state index contributed by atoms with van der Waals surface area (Å²) >= 11 is 0. The molecule has 1 aliphatic rings. The predicted octanol–water partition coefficient (Wildman–Crippen LogP) is 12.9. The number of fused-ring (bicyclic) bond motifs is 2. The second-order valence-electron chi connectivity index (χ2n) is 12.8. The maximum atomic E-state index is 2.44. The zero-order chi connectivity index (χ0) is 32.3. The van der Waals surface area contributed by atoms with Crippen LogP contribution in [0.1, 0.15) is 24.5 Å². The zero-order valence-corrected chi connectivity index (χ0v) is 27.1. The Balaban J connectivity index is 1.10. The maximum absolute atomic E-state index is 2.44. The average molecular weight is 616 g/mol. The summed E-state index contributed by atoms with van der Waals surface area (Å²) in [5.41, 5.74) is 9.65. The first-order valence-corrected chi connectivity index (χ1v) is 16.8. The zero-order valence-electron chi connectivity index (χ0n) is 27.1. The molecule has 0 aliphatic heterocycles. The van der Waals surface area contributed by atoms with Crippen LogP contribution in [0.25, 0.3) is 56.0 Å². The van der Waals surface area contributed by atoms with Crippen molar-refractivity contribution in [2.75, 3.05) is 4.90 Å². The Morgan fingerprint density at radius 2 is 0.896 bits per heavy atom. The number of hydrogen-bond donors (Lipinski definition) is 0. The molecule has 1 unspecified atom stereocenters. The molecule has 7 aromatic carbocycles. The Hall–Kier alpha value is -5.92. The lowest BCUT2D eigenvalue weighted by Crippen LogP contribution is -2.42. The van der Waals surface area contributed by atoms with Crippen molar-refractivity contribution in [3.05, 3.63) is 193 Å². The van der Waals surface area contributed by atoms with Gasteiger partial charge in [-0.2, -0.15) is 0 Å². The number of allylic oxidation sites excluding steroid dienone is 2. The molecule has 0 heterocycles. The molecule has 0 spiro atoms. The molecule has 1 aliphatic carbocycles. The van der Waals surface area contributed by atoms with Gasteiger partial charge < -0.3 is 4.90 Å². The van der Waals surface area contributed by atoms with Crippen molar-refractivity contribution < 1.29 is 0 Å². The van der Waals surface area contributed by atoms with Crippen molar-refractivity contribution in [3.8, 4) is 22.3 Å². The average Bonchev–Trinajstić information content (AvgIpc) is 3.15. The van der Waals surface area contributed by atoms with Crippen LogP contribution in [0.15, 0.2) is 182 Å². The minimum atomic E-state index is -0.131. The molecular weight excluding hydrogens is 579 g/mol. The van der Waals surface area contributed by atoms with E-state index >= 15 is 0 Å². The highest BCUT2D eigenvalue weighted by Crippen LogP contribution is 2.43. The number of hydrogen-bond acceptors (Lipinski definition) is 1. The molecule has 0 bridgehead atoms. The van der Waals surface area contributed by atoms with Gasteiger partial charge in [-0.25, -0.2) is 0 Å². The summed E-state index contributed by atoms with van der Waals surface area (Å²) in [6.45, 7) is 2.31. The van der Waals surface area contributed by atoms with Crippen LogP contribution in [0.5, 0.6) is 0 Å². The molecule has 8 rings (SSSR count). The quantitative estimate of drug-likeness (QED) is 0.127. The van der Waals surface area contributed by atoms with Gasteiger partial charge in [-0.15, -0.1) is 0 Å². The van der Waals surface area contributed by atoms with Gasteiger partial charge in [0.15, 0.2) is 0 Å². The Bertz CT molecular complexity index is 2240. The second kappa shape index (κ2) is 12.7. The van der Waals surface area contributed by atoms with Crippen LogP contribution in [-0.4, -0.2) is 5.54 Å². The van der Waals surface area contributed by atoms with Crippen LogP contribution in [0.2, 0.25) is 0 Å². The monoisotopic (exact) mass is 615 g/mol. The number of benzene rings is 7. The molecule has 0 saturated carbocycles. The fraction of sp³-hybridized carbons (Fsp3) is 0.0638. The molecule has 1 atom stereocenters. The molecule has 0 fully saturated rings. The molecule has 0 N–H and O–H groups in total. The van der Waals surface area contributed by atoms with Gasteiger partial charge in [-0.3, -0.25) is 0 Å². The Morgan fingerprint density at radius 1 is 0.458 bits per heavy atom. The van der Waals surface area contributed by atoms with E-state index in [1.165, 1.54) is 66.3 Å². The summed E-state index contributed by atoms with van der Waals surface area (Å²) in [5, 5.41) is 5.11. The Morgan fingerprint density at radius 3 is 1.40 bits per heavy atom. The van der Waals surface area contributed by atoms with Crippen LogP contribution in [0, 0.1) is 0 Å². The van der Waals surface area contributed by atoms with Gasteiger partial charge in [-0.1, -0.05) is 170 Å². The maximum Gasteiger partial charge on any atom is 0.0642 e. The van der Waals surface area contributed by atoms with Gasteiger partial charge in [0.1, 0.15) is 0 Å². The molecule has 1 heteroatoms. The smallest absolute Gasteiger partial charge is 0.0642 e. The lowest BCUT2D eigenvalue weighted by atomic mass is 9.86. The first kappa shape index (κ1) is 29.5. The molecule has 1 nitrogen and oxygen atoms in total. The Labute approximate surface area is 283 Å². The lowest BCUT2D eigenvalue weighted by molar-refractivity contribution is 0.570. The van der Waals surface area contributed by atoms with Crippen molar-refractivity contribution in [2.24, 2.45) is 0 Å². The molecule has 48 heavy (non-hydrogen) atoms. The largest absolute Gasteiger partial charge is 0.332 e. The third-order valence-corrected chi connectivity index (χ3v) is 9.57. The van der Waals surface area contributed by atoms with E-state index < -0.39 is 0 Å². The fourth-order valence-electron chi connectivity index (χ4n) is 7.24. The van der Waals surface area contributed by atoms with Crippen LogP contribution >= 0.6 is 0 Å². The SMILES string of the molecule is CC1(N(c2ccccc2)c2ccc(/C=C/c3ccc(-c4c5ccccc5c(-c5ccccc5)c5ccccc45)cc3)cc2)C=CC=CC1. The van der Waals surface area contributed by atoms with Crippen molar-refractivity contribution in [1.82, 2.24) is 0 Å². The fourth-order valence-corrected chi connectivity index (χ4v) is 7.24. The van der Waals surface area contributed by atoms with E-state index in [1.807, 2.05) is 0 Å². The summed E-state index contributed by atoms with van der Waals surface area (Å²) in [4.78, 5) is 2.44. The number of rotatable bonds is 7. The lowest BCUT2D eigenvalue weighted by Gasteiger charge is -2.41. The van der Waals surface area contributed by atoms with Gasteiger partial charge >= 0.3 is 0 Å². The highest BCUT2D eigenvalue weighted by atomic mass is 15.2. The van der Waals surface area contributed by atoms with E-state index in [1.54, 1.807) is 0 Å². The van der Waals surface area contributed by atoms with E-state index in [2.05, 4.69) is 206 Å². The van der Waals surface area contributed by atoms with Gasteiger partial charge in [-0.05, 0) is 92.5 Å². The Kier molecular flexibility index (Phi) is 7.80. The highest BCUT2D eigenvalue weighted by Gasteiger charge is 2.30. The van der Waals surface area contributed by atoms with E-state index in [9.17, 15) is 0 Å². The number of nitrogens with zero attached hydrogens (tertiary/aromatic N) is 1. The van der Waals surface area contributed by atoms with Crippen LogP contribution in [0.4, 0.5) is 11.4 Å². The van der Waals surface area contributed by atoms with Gasteiger partial charge in [0, 0.05) is 11.4 Å². The minimum Gasteiger partial charge on any atom is -0.332 e. The van der Waals surface area contributed by atoms with Crippen molar-refractivity contribution in [3.63, 3.8) is 0 Å². The summed E-state index contributed by atoms with van der Waals surface area (Å²) in [7, 11) is 0. The van der Waals surface area contributed by atoms with Crippen molar-refractivity contribution in [2.45, 2.75) is 18.9 Å². The molecular formula is C47H37N. The third-order valence-electron chi connectivity index (χ3n) is 9.57. The molecule has 0 saturated heterocycles. The van der Waals surface area contributed by atoms with Gasteiger partial charge in [0.25, 0.3) is 0 Å². The first-order valence-electron chi connectivity index (χ1n) is 16.8. The summed E-state index contributed by atoms with van der Waals surface area (Å²) < 4.78 is 0. The van der Waals surface area contributed by atoms with E-state index in [0.717, 1.165) is 6.42 Å². The van der Waals surface area contributed by atoms with Crippen LogP contribution < -0.4 is 4.90 Å². The normalized spacial score (nSPS) is 15.8. The molecule has 230 valence electrons. The second-order valence-corrected chi connectivity index (χ2v) is 12.8. The highest BCUT2D eigenvalue weighted by molar-refractivity contribution is 6.21. The van der Waals surface area contributed by atoms with E-state index in [0.29, 0.717) is 0 Å². The van der Waals surface area contributed by atoms with Crippen molar-refractivity contribution >= 4 is 45.1 Å². The number of para-hydroxylation sites is 1. The number of anilines is 2. The summed E-state index contributed by atoms with van der Waals surface area (Å²) in [6, 6.07) is 57.0. The molecule has 7 aromatic rings. The van der Waals surface area contributed by atoms with Crippen molar-refractivity contribution in [1.29, 1.82) is 0 Å². The molecule has 0 aromatic heterocycles. The predicted molar refractivity (Wildman–Crippen MR) is 208 cm³/mol. The summed E-state index contributed by atoms with van der Waals surface area (Å²) in [6.07, 6.45) is 14.2. The third kappa shape index (κ3) is 5.54.